The fraction of sp³-hybridized carbons (Fsp3) is 0. The Morgan fingerprint density at radius 2 is 1.44 bits per heavy atom. The highest BCUT2D eigenvalue weighted by molar-refractivity contribution is 9.11. The highest BCUT2D eigenvalue weighted by atomic mass is 79.9. The molecule has 0 bridgehead atoms. The molecule has 0 fully saturated rings. The van der Waals surface area contributed by atoms with Crippen molar-refractivity contribution in [2.45, 2.75) is 0 Å². The predicted octanol–water partition coefficient (Wildman–Crippen LogP) is 5.35. The maximum atomic E-state index is 9.97. The lowest BCUT2D eigenvalue weighted by Gasteiger charge is -2.07. The van der Waals surface area contributed by atoms with E-state index >= 15 is 0 Å². The van der Waals surface area contributed by atoms with Gasteiger partial charge in [-0.05, 0) is 45.8 Å². The first kappa shape index (κ1) is 12.1. The molecule has 0 aliphatic heterocycles. The number of halogens is 3. The molecule has 16 heavy (non-hydrogen) atoms. The summed E-state index contributed by atoms with van der Waals surface area (Å²) in [6.45, 7) is 0. The van der Waals surface area contributed by atoms with Gasteiger partial charge in [0, 0.05) is 14.5 Å². The van der Waals surface area contributed by atoms with Crippen LogP contribution in [0, 0.1) is 0 Å². The van der Waals surface area contributed by atoms with E-state index in [9.17, 15) is 5.11 Å². The Kier molecular flexibility index (Phi) is 3.72. The quantitative estimate of drug-likeness (QED) is 0.677. The van der Waals surface area contributed by atoms with Crippen LogP contribution in [0.3, 0.4) is 0 Å². The third-order valence-corrected chi connectivity index (χ3v) is 3.77. The lowest BCUT2D eigenvalue weighted by molar-refractivity contribution is 0.474. The third kappa shape index (κ3) is 2.50. The number of phenolic OH excluding ortho intramolecular Hbond substituents is 1. The van der Waals surface area contributed by atoms with E-state index in [2.05, 4.69) is 47.8 Å². The fourth-order valence-corrected chi connectivity index (χ4v) is 2.91. The molecule has 0 unspecified atom stereocenters. The van der Waals surface area contributed by atoms with Gasteiger partial charge >= 0.3 is 0 Å². The van der Waals surface area contributed by atoms with Crippen molar-refractivity contribution in [1.29, 1.82) is 0 Å². The molecular formula is C12H7Br3O. The Labute approximate surface area is 119 Å². The van der Waals surface area contributed by atoms with Crippen LogP contribution in [0.25, 0.3) is 11.1 Å². The van der Waals surface area contributed by atoms with Crippen LogP contribution in [0.1, 0.15) is 0 Å². The molecule has 1 nitrogen and oxygen atoms in total. The molecule has 0 saturated carbocycles. The van der Waals surface area contributed by atoms with Crippen LogP contribution < -0.4 is 0 Å². The van der Waals surface area contributed by atoms with Gasteiger partial charge in [0.05, 0.1) is 4.47 Å². The van der Waals surface area contributed by atoms with Crippen LogP contribution in [0.15, 0.2) is 49.8 Å². The Hall–Kier alpha value is -0.320. The minimum absolute atomic E-state index is 0.255. The van der Waals surface area contributed by atoms with Crippen LogP contribution in [-0.4, -0.2) is 5.11 Å². The predicted molar refractivity (Wildman–Crippen MR) is 76.6 cm³/mol. The van der Waals surface area contributed by atoms with E-state index in [0.29, 0.717) is 4.47 Å². The van der Waals surface area contributed by atoms with E-state index in [1.165, 1.54) is 0 Å². The second-order valence-corrected chi connectivity index (χ2v) is 5.98. The molecular weight excluding hydrogens is 400 g/mol. The summed E-state index contributed by atoms with van der Waals surface area (Å²) in [7, 11) is 0. The summed E-state index contributed by atoms with van der Waals surface area (Å²) < 4.78 is 2.62. The molecule has 0 spiro atoms. The maximum absolute atomic E-state index is 9.97. The van der Waals surface area contributed by atoms with Crippen molar-refractivity contribution in [3.05, 3.63) is 49.8 Å². The summed E-state index contributed by atoms with van der Waals surface area (Å²) in [4.78, 5) is 0. The van der Waals surface area contributed by atoms with E-state index in [-0.39, 0.29) is 5.75 Å². The van der Waals surface area contributed by atoms with Gasteiger partial charge in [0.2, 0.25) is 0 Å². The zero-order valence-corrected chi connectivity index (χ0v) is 12.8. The first-order chi connectivity index (χ1) is 7.58. The van der Waals surface area contributed by atoms with E-state index in [4.69, 9.17) is 0 Å². The molecule has 0 amide bonds. The Bertz CT molecular complexity index is 521. The molecule has 2 aromatic rings. The van der Waals surface area contributed by atoms with Gasteiger partial charge in [-0.15, -0.1) is 0 Å². The Morgan fingerprint density at radius 1 is 0.812 bits per heavy atom. The second-order valence-electron chi connectivity index (χ2n) is 3.29. The highest BCUT2D eigenvalue weighted by Crippen LogP contribution is 2.38. The van der Waals surface area contributed by atoms with Gasteiger partial charge in [-0.3, -0.25) is 0 Å². The fourth-order valence-electron chi connectivity index (χ4n) is 1.42. The summed E-state index contributed by atoms with van der Waals surface area (Å²) in [5, 5.41) is 9.97. The minimum Gasteiger partial charge on any atom is -0.506 e. The van der Waals surface area contributed by atoms with E-state index in [1.54, 1.807) is 0 Å². The van der Waals surface area contributed by atoms with E-state index < -0.39 is 0 Å². The van der Waals surface area contributed by atoms with Crippen molar-refractivity contribution < 1.29 is 5.11 Å². The third-order valence-electron chi connectivity index (χ3n) is 2.18. The van der Waals surface area contributed by atoms with Crippen molar-refractivity contribution in [3.8, 4) is 16.9 Å². The number of hydrogen-bond acceptors (Lipinski definition) is 1. The second kappa shape index (κ2) is 4.90. The van der Waals surface area contributed by atoms with Gasteiger partial charge < -0.3 is 5.11 Å². The van der Waals surface area contributed by atoms with E-state index in [1.807, 2.05) is 36.4 Å². The molecule has 0 saturated heterocycles. The van der Waals surface area contributed by atoms with Crippen LogP contribution in [0.2, 0.25) is 0 Å². The molecule has 0 aliphatic rings. The van der Waals surface area contributed by atoms with Crippen LogP contribution in [0.5, 0.6) is 5.75 Å². The number of hydrogen-bond donors (Lipinski definition) is 1. The molecule has 2 rings (SSSR count). The highest BCUT2D eigenvalue weighted by Gasteiger charge is 2.09. The average Bonchev–Trinajstić information content (AvgIpc) is 2.25. The standard InChI is InChI=1S/C12H7Br3O/c13-8-3-1-7(2-4-8)10-5-9(14)6-11(15)12(10)16/h1-6,16H. The van der Waals surface area contributed by atoms with Crippen molar-refractivity contribution in [2.24, 2.45) is 0 Å². The Morgan fingerprint density at radius 3 is 2.06 bits per heavy atom. The lowest BCUT2D eigenvalue weighted by atomic mass is 10.1. The lowest BCUT2D eigenvalue weighted by Crippen LogP contribution is -1.81. The van der Waals surface area contributed by atoms with Crippen LogP contribution >= 0.6 is 47.8 Å². The molecule has 0 aliphatic carbocycles. The molecule has 0 atom stereocenters. The van der Waals surface area contributed by atoms with Crippen LogP contribution in [0.4, 0.5) is 0 Å². The van der Waals surface area contributed by atoms with Gasteiger partial charge in [-0.1, -0.05) is 44.0 Å². The summed E-state index contributed by atoms with van der Waals surface area (Å²) in [5.74, 6) is 0.255. The maximum Gasteiger partial charge on any atom is 0.137 e. The normalized spacial score (nSPS) is 10.4. The Balaban J connectivity index is 2.59. The molecule has 4 heteroatoms. The van der Waals surface area contributed by atoms with E-state index in [0.717, 1.165) is 20.1 Å². The summed E-state index contributed by atoms with van der Waals surface area (Å²) >= 11 is 10.1. The molecule has 0 radical (unpaired) electrons. The van der Waals surface area contributed by atoms with Crippen molar-refractivity contribution >= 4 is 47.8 Å². The SMILES string of the molecule is Oc1c(Br)cc(Br)cc1-c1ccc(Br)cc1. The van der Waals surface area contributed by atoms with Crippen molar-refractivity contribution in [3.63, 3.8) is 0 Å². The van der Waals surface area contributed by atoms with Gasteiger partial charge in [0.25, 0.3) is 0 Å². The molecule has 1 N–H and O–H groups in total. The zero-order valence-electron chi connectivity index (χ0n) is 8.05. The minimum atomic E-state index is 0.255. The number of benzene rings is 2. The van der Waals surface area contributed by atoms with Crippen LogP contribution in [-0.2, 0) is 0 Å². The van der Waals surface area contributed by atoms with Crippen molar-refractivity contribution in [2.75, 3.05) is 0 Å². The number of phenols is 1. The van der Waals surface area contributed by atoms with Gasteiger partial charge in [-0.2, -0.15) is 0 Å². The monoisotopic (exact) mass is 404 g/mol. The summed E-state index contributed by atoms with van der Waals surface area (Å²) in [6.07, 6.45) is 0. The molecule has 0 aromatic heterocycles. The molecule has 82 valence electrons. The van der Waals surface area contributed by atoms with Gasteiger partial charge in [0.15, 0.2) is 0 Å². The number of rotatable bonds is 1. The topological polar surface area (TPSA) is 20.2 Å². The largest absolute Gasteiger partial charge is 0.506 e. The zero-order chi connectivity index (χ0) is 11.7. The molecule has 0 heterocycles. The average molecular weight is 407 g/mol. The molecule has 2 aromatic carbocycles. The summed E-state index contributed by atoms with van der Waals surface area (Å²) in [5.41, 5.74) is 1.77. The van der Waals surface area contributed by atoms with Gasteiger partial charge in [-0.25, -0.2) is 0 Å². The number of aromatic hydroxyl groups is 1. The first-order valence-corrected chi connectivity index (χ1v) is 6.90. The first-order valence-electron chi connectivity index (χ1n) is 4.52. The summed E-state index contributed by atoms with van der Waals surface area (Å²) in [6, 6.07) is 11.5. The van der Waals surface area contributed by atoms with Gasteiger partial charge in [0.1, 0.15) is 5.75 Å². The van der Waals surface area contributed by atoms with Crippen molar-refractivity contribution in [1.82, 2.24) is 0 Å². The smallest absolute Gasteiger partial charge is 0.137 e.